The molecule has 2 N–H and O–H groups in total. The predicted molar refractivity (Wildman–Crippen MR) is 123 cm³/mol. The Balaban J connectivity index is 2.13. The maximum Gasteiger partial charge on any atom is 0.259 e. The van der Waals surface area contributed by atoms with Crippen molar-refractivity contribution in [3.05, 3.63) is 59.7 Å². The second-order valence-corrected chi connectivity index (χ2v) is 9.15. The van der Waals surface area contributed by atoms with Gasteiger partial charge >= 0.3 is 0 Å². The van der Waals surface area contributed by atoms with E-state index in [-0.39, 0.29) is 42.3 Å². The number of hydrogen-bond donors (Lipinski definition) is 2. The van der Waals surface area contributed by atoms with Gasteiger partial charge in [-0.1, -0.05) is 25.1 Å². The van der Waals surface area contributed by atoms with Crippen LogP contribution >= 0.6 is 0 Å². The molecule has 0 aliphatic carbocycles. The van der Waals surface area contributed by atoms with Gasteiger partial charge in [-0.15, -0.1) is 0 Å². The van der Waals surface area contributed by atoms with Crippen LogP contribution in [0.3, 0.4) is 0 Å². The largest absolute Gasteiger partial charge is 0.483 e. The van der Waals surface area contributed by atoms with E-state index in [0.717, 1.165) is 5.56 Å². The number of carbonyl (C=O) groups excluding carboxylic acids is 2. The third-order valence-corrected chi connectivity index (χ3v) is 6.29. The first-order chi connectivity index (χ1) is 15.7. The van der Waals surface area contributed by atoms with Crippen LogP contribution < -0.4 is 14.8 Å². The molecule has 33 heavy (non-hydrogen) atoms. The van der Waals surface area contributed by atoms with Crippen molar-refractivity contribution < 1.29 is 22.7 Å². The summed E-state index contributed by atoms with van der Waals surface area (Å²) < 4.78 is 32.5. The summed E-state index contributed by atoms with van der Waals surface area (Å²) in [6, 6.07) is 14.2. The maximum atomic E-state index is 12.8. The van der Waals surface area contributed by atoms with Gasteiger partial charge < -0.3 is 15.0 Å². The summed E-state index contributed by atoms with van der Waals surface area (Å²) in [6.45, 7) is 1.81. The topological polar surface area (TPSA) is 129 Å². The summed E-state index contributed by atoms with van der Waals surface area (Å²) in [7, 11) is -0.462. The van der Waals surface area contributed by atoms with E-state index in [1.165, 1.54) is 29.2 Å². The van der Waals surface area contributed by atoms with Crippen LogP contribution in [0.2, 0.25) is 0 Å². The van der Waals surface area contributed by atoms with Crippen molar-refractivity contribution >= 4 is 21.8 Å². The Hall–Kier alpha value is -3.42. The molecule has 0 fully saturated rings. The van der Waals surface area contributed by atoms with E-state index in [2.05, 4.69) is 10.0 Å². The van der Waals surface area contributed by atoms with Gasteiger partial charge in [0.15, 0.2) is 6.61 Å². The van der Waals surface area contributed by atoms with E-state index in [9.17, 15) is 18.0 Å². The van der Waals surface area contributed by atoms with E-state index >= 15 is 0 Å². The number of likely N-dealkylation sites (N-methyl/N-ethyl adjacent to an activating group) is 1. The van der Waals surface area contributed by atoms with Crippen molar-refractivity contribution in [2.75, 3.05) is 27.2 Å². The number of sulfonamides is 1. The zero-order valence-electron chi connectivity index (χ0n) is 18.9. The number of para-hydroxylation sites is 1. The van der Waals surface area contributed by atoms with Crippen LogP contribution in [-0.2, 0) is 14.8 Å². The summed E-state index contributed by atoms with van der Waals surface area (Å²) in [5, 5.41) is 11.5. The molecule has 2 amide bonds. The van der Waals surface area contributed by atoms with Crippen LogP contribution in [0.4, 0.5) is 0 Å². The fourth-order valence-corrected chi connectivity index (χ4v) is 3.95. The lowest BCUT2D eigenvalue weighted by atomic mass is 10.0. The Labute approximate surface area is 194 Å². The first-order valence-electron chi connectivity index (χ1n) is 10.4. The normalized spacial score (nSPS) is 11.8. The number of amides is 2. The average molecular weight is 473 g/mol. The number of rotatable bonds is 11. The molecular formula is C23H28N4O5S. The third kappa shape index (κ3) is 7.30. The SMILES string of the molecule is CCC(NC(=O)c1ccc(S(=O)(=O)NCCC#N)cc1)c1ccccc1OCC(=O)N(C)C. The minimum atomic E-state index is -3.75. The van der Waals surface area contributed by atoms with Gasteiger partial charge in [0.05, 0.1) is 17.0 Å². The molecule has 0 aliphatic heterocycles. The van der Waals surface area contributed by atoms with Gasteiger partial charge in [0.1, 0.15) is 5.75 Å². The molecule has 1 atom stereocenters. The van der Waals surface area contributed by atoms with E-state index < -0.39 is 10.0 Å². The molecule has 176 valence electrons. The van der Waals surface area contributed by atoms with Crippen LogP contribution in [-0.4, -0.2) is 52.4 Å². The van der Waals surface area contributed by atoms with Crippen molar-refractivity contribution in [1.29, 1.82) is 5.26 Å². The van der Waals surface area contributed by atoms with Crippen molar-refractivity contribution in [3.8, 4) is 11.8 Å². The summed E-state index contributed by atoms with van der Waals surface area (Å²) in [4.78, 5) is 26.1. The lowest BCUT2D eigenvalue weighted by Crippen LogP contribution is -2.30. The smallest absolute Gasteiger partial charge is 0.259 e. The molecule has 2 rings (SSSR count). The second kappa shape index (κ2) is 12.0. The van der Waals surface area contributed by atoms with Gasteiger partial charge in [-0.3, -0.25) is 9.59 Å². The lowest BCUT2D eigenvalue weighted by Gasteiger charge is -2.21. The summed E-state index contributed by atoms with van der Waals surface area (Å²) >= 11 is 0. The highest BCUT2D eigenvalue weighted by molar-refractivity contribution is 7.89. The van der Waals surface area contributed by atoms with Crippen LogP contribution in [0.15, 0.2) is 53.4 Å². The zero-order valence-corrected chi connectivity index (χ0v) is 19.7. The van der Waals surface area contributed by atoms with Gasteiger partial charge in [0, 0.05) is 38.2 Å². The fourth-order valence-electron chi connectivity index (χ4n) is 2.92. The highest BCUT2D eigenvalue weighted by atomic mass is 32.2. The van der Waals surface area contributed by atoms with Gasteiger partial charge in [0.25, 0.3) is 11.8 Å². The van der Waals surface area contributed by atoms with Crippen molar-refractivity contribution in [2.24, 2.45) is 0 Å². The molecule has 9 nitrogen and oxygen atoms in total. The van der Waals surface area contributed by atoms with E-state index in [0.29, 0.717) is 17.7 Å². The molecule has 0 saturated carbocycles. The molecular weight excluding hydrogens is 444 g/mol. The van der Waals surface area contributed by atoms with Crippen molar-refractivity contribution in [2.45, 2.75) is 30.7 Å². The first-order valence-corrected chi connectivity index (χ1v) is 11.9. The Kier molecular flexibility index (Phi) is 9.39. The molecule has 2 aromatic rings. The second-order valence-electron chi connectivity index (χ2n) is 7.38. The van der Waals surface area contributed by atoms with Crippen LogP contribution in [0.5, 0.6) is 5.75 Å². The van der Waals surface area contributed by atoms with Gasteiger partial charge in [-0.05, 0) is 36.8 Å². The first kappa shape index (κ1) is 25.8. The maximum absolute atomic E-state index is 12.8. The molecule has 0 aromatic heterocycles. The van der Waals surface area contributed by atoms with Crippen molar-refractivity contribution in [3.63, 3.8) is 0 Å². The Morgan fingerprint density at radius 2 is 1.79 bits per heavy atom. The van der Waals surface area contributed by atoms with Crippen LogP contribution in [0.25, 0.3) is 0 Å². The van der Waals surface area contributed by atoms with E-state index in [1.54, 1.807) is 26.2 Å². The van der Waals surface area contributed by atoms with E-state index in [4.69, 9.17) is 10.00 Å². The third-order valence-electron chi connectivity index (χ3n) is 4.81. The van der Waals surface area contributed by atoms with Crippen molar-refractivity contribution in [1.82, 2.24) is 14.9 Å². The van der Waals surface area contributed by atoms with Crippen LogP contribution in [0.1, 0.15) is 41.7 Å². The number of nitriles is 1. The molecule has 2 aromatic carbocycles. The van der Waals surface area contributed by atoms with Gasteiger partial charge in [-0.25, -0.2) is 13.1 Å². The standard InChI is InChI=1S/C23H28N4O5S/c1-4-20(19-8-5-6-9-21(19)32-16-22(28)27(2)3)26-23(29)17-10-12-18(13-11-17)33(30,31)25-15-7-14-24/h5-6,8-13,20,25H,4,7,15-16H2,1-3H3,(H,26,29). The molecule has 0 bridgehead atoms. The monoisotopic (exact) mass is 472 g/mol. The Morgan fingerprint density at radius 3 is 2.39 bits per heavy atom. The predicted octanol–water partition coefficient (Wildman–Crippen LogP) is 2.23. The highest BCUT2D eigenvalue weighted by Gasteiger charge is 2.20. The number of hydrogen-bond acceptors (Lipinski definition) is 6. The number of nitrogens with zero attached hydrogens (tertiary/aromatic N) is 2. The van der Waals surface area contributed by atoms with E-state index in [1.807, 2.05) is 25.1 Å². The van der Waals surface area contributed by atoms with Gasteiger partial charge in [-0.2, -0.15) is 5.26 Å². The summed E-state index contributed by atoms with van der Waals surface area (Å²) in [5.41, 5.74) is 1.03. The minimum Gasteiger partial charge on any atom is -0.483 e. The highest BCUT2D eigenvalue weighted by Crippen LogP contribution is 2.27. The molecule has 0 spiro atoms. The molecule has 0 radical (unpaired) electrons. The fraction of sp³-hybridized carbons (Fsp3) is 0.348. The zero-order chi connectivity index (χ0) is 24.4. The lowest BCUT2D eigenvalue weighted by molar-refractivity contribution is -0.130. The summed E-state index contributed by atoms with van der Waals surface area (Å²) in [6.07, 6.45) is 0.635. The number of nitrogens with one attached hydrogen (secondary N) is 2. The number of ether oxygens (including phenoxy) is 1. The summed E-state index contributed by atoms with van der Waals surface area (Å²) in [5.74, 6) is -0.0498. The number of benzene rings is 2. The number of carbonyl (C=O) groups is 2. The molecule has 0 heterocycles. The quantitative estimate of drug-likeness (QED) is 0.483. The molecule has 0 saturated heterocycles. The van der Waals surface area contributed by atoms with Gasteiger partial charge in [0.2, 0.25) is 10.0 Å². The van der Waals surface area contributed by atoms with Crippen LogP contribution in [0, 0.1) is 11.3 Å². The average Bonchev–Trinajstić information content (AvgIpc) is 2.81. The minimum absolute atomic E-state index is 0.00772. The Morgan fingerprint density at radius 1 is 1.12 bits per heavy atom. The molecule has 10 heteroatoms. The molecule has 0 aliphatic rings. The Bertz CT molecular complexity index is 1110. The molecule has 1 unspecified atom stereocenters.